The van der Waals surface area contributed by atoms with E-state index < -0.39 is 12.1 Å². The Morgan fingerprint density at radius 1 is 1.23 bits per heavy atom. The summed E-state index contributed by atoms with van der Waals surface area (Å²) < 4.78 is 5.35. The molecule has 3 heterocycles. The zero-order valence-corrected chi connectivity index (χ0v) is 20.2. The molecule has 1 aromatic carbocycles. The normalized spacial score (nSPS) is 19.5. The number of nitrogens with zero attached hydrogens (tertiary/aromatic N) is 4. The highest BCUT2D eigenvalue weighted by atomic mass is 16.5. The van der Waals surface area contributed by atoms with Gasteiger partial charge in [0.1, 0.15) is 12.1 Å². The summed E-state index contributed by atoms with van der Waals surface area (Å²) in [6.45, 7) is 2.68. The number of piperidine rings is 1. The smallest absolute Gasteiger partial charge is 0.303 e. The maximum Gasteiger partial charge on any atom is 0.303 e. The van der Waals surface area contributed by atoms with Crippen molar-refractivity contribution in [1.82, 2.24) is 19.9 Å². The first-order valence-electron chi connectivity index (χ1n) is 12.3. The summed E-state index contributed by atoms with van der Waals surface area (Å²) >= 11 is 0. The Labute approximate surface area is 206 Å². The van der Waals surface area contributed by atoms with E-state index in [-0.39, 0.29) is 18.3 Å². The highest BCUT2D eigenvalue weighted by molar-refractivity contribution is 5.83. The minimum Gasteiger partial charge on any atom is -0.497 e. The summed E-state index contributed by atoms with van der Waals surface area (Å²) in [7, 11) is 1.62. The highest BCUT2D eigenvalue weighted by Gasteiger charge is 2.31. The van der Waals surface area contributed by atoms with E-state index in [1.807, 2.05) is 36.7 Å². The molecule has 1 fully saturated rings. The lowest BCUT2D eigenvalue weighted by molar-refractivity contribution is -0.139. The number of ether oxygens (including phenoxy) is 1. The summed E-state index contributed by atoms with van der Waals surface area (Å²) in [4.78, 5) is 26.5. The van der Waals surface area contributed by atoms with Crippen molar-refractivity contribution < 1.29 is 19.7 Å². The van der Waals surface area contributed by atoms with Crippen LogP contribution in [0, 0.1) is 11.8 Å². The van der Waals surface area contributed by atoms with Crippen LogP contribution in [0.25, 0.3) is 10.9 Å². The molecule has 0 saturated carbocycles. The van der Waals surface area contributed by atoms with E-state index in [2.05, 4.69) is 19.9 Å². The van der Waals surface area contributed by atoms with Gasteiger partial charge in [-0.2, -0.15) is 0 Å². The van der Waals surface area contributed by atoms with Crippen LogP contribution >= 0.6 is 0 Å². The third-order valence-electron chi connectivity index (χ3n) is 7.12. The van der Waals surface area contributed by atoms with E-state index in [9.17, 15) is 15.0 Å². The van der Waals surface area contributed by atoms with E-state index in [0.29, 0.717) is 6.42 Å². The molecule has 3 aromatic rings. The van der Waals surface area contributed by atoms with Gasteiger partial charge in [-0.05, 0) is 92.4 Å². The number of hydrogen-bond donors (Lipinski definition) is 2. The Kier molecular flexibility index (Phi) is 8.60. The average Bonchev–Trinajstić information content (AvgIpc) is 2.87. The van der Waals surface area contributed by atoms with Crippen LogP contribution in [0.2, 0.25) is 0 Å². The molecule has 186 valence electrons. The van der Waals surface area contributed by atoms with Gasteiger partial charge < -0.3 is 19.8 Å². The molecule has 3 atom stereocenters. The van der Waals surface area contributed by atoms with Crippen molar-refractivity contribution in [3.63, 3.8) is 0 Å². The van der Waals surface area contributed by atoms with Crippen molar-refractivity contribution in [3.8, 4) is 5.75 Å². The number of aromatic nitrogens is 3. The maximum absolute atomic E-state index is 11.6. The molecule has 0 bridgehead atoms. The number of aliphatic hydroxyl groups is 1. The molecule has 0 unspecified atom stereocenters. The minimum absolute atomic E-state index is 0.0859. The lowest BCUT2D eigenvalue weighted by Gasteiger charge is -2.38. The number of hydrogen-bond acceptors (Lipinski definition) is 7. The summed E-state index contributed by atoms with van der Waals surface area (Å²) in [6, 6.07) is 7.53. The van der Waals surface area contributed by atoms with Gasteiger partial charge in [-0.15, -0.1) is 0 Å². The molecule has 8 heteroatoms. The number of benzene rings is 1. The Bertz CT molecular complexity index is 1110. The predicted molar refractivity (Wildman–Crippen MR) is 133 cm³/mol. The third kappa shape index (κ3) is 6.74. The molecule has 1 aliphatic rings. The number of carboxylic acids is 1. The Morgan fingerprint density at radius 2 is 2.06 bits per heavy atom. The second kappa shape index (κ2) is 12.0. The van der Waals surface area contributed by atoms with E-state index in [0.717, 1.165) is 73.1 Å². The van der Waals surface area contributed by atoms with Crippen LogP contribution in [-0.2, 0) is 11.2 Å². The molecule has 35 heavy (non-hydrogen) atoms. The van der Waals surface area contributed by atoms with Crippen molar-refractivity contribution in [2.75, 3.05) is 26.7 Å². The summed E-state index contributed by atoms with van der Waals surface area (Å²) in [5.74, 6) is 0.341. The Morgan fingerprint density at radius 3 is 2.83 bits per heavy atom. The van der Waals surface area contributed by atoms with Crippen LogP contribution in [0.1, 0.15) is 49.3 Å². The number of pyridine rings is 1. The molecule has 0 amide bonds. The first-order chi connectivity index (χ1) is 17.0. The molecule has 2 N–H and O–H groups in total. The van der Waals surface area contributed by atoms with Crippen molar-refractivity contribution in [1.29, 1.82) is 0 Å². The second-order valence-corrected chi connectivity index (χ2v) is 9.43. The number of aryl methyl sites for hydroxylation is 1. The van der Waals surface area contributed by atoms with Crippen LogP contribution in [0.15, 0.2) is 49.2 Å². The van der Waals surface area contributed by atoms with Gasteiger partial charge in [-0.3, -0.25) is 9.78 Å². The number of methoxy groups -OCH3 is 1. The molecule has 0 radical (unpaired) electrons. The van der Waals surface area contributed by atoms with Gasteiger partial charge in [-0.25, -0.2) is 9.97 Å². The predicted octanol–water partition coefficient (Wildman–Crippen LogP) is 3.89. The standard InChI is InChI=1S/C27H34N4O4/c1-35-22-5-6-25-24(14-22)23(8-10-30-25)26(32)7-4-20-9-12-31(17-21(20)13-27(33)34)11-2-3-19-15-28-18-29-16-19/h5-6,8,10,14-16,18,20-21,26,32H,2-4,7,9,11-13,17H2,1H3,(H,33,34)/t20-,21+,26+/m1/s1. The quantitative estimate of drug-likeness (QED) is 0.427. The van der Waals surface area contributed by atoms with E-state index in [4.69, 9.17) is 4.74 Å². The molecule has 4 rings (SSSR count). The van der Waals surface area contributed by atoms with Gasteiger partial charge in [0.15, 0.2) is 0 Å². The number of likely N-dealkylation sites (tertiary alicyclic amines) is 1. The largest absolute Gasteiger partial charge is 0.497 e. The molecule has 0 spiro atoms. The highest BCUT2D eigenvalue weighted by Crippen LogP contribution is 2.34. The van der Waals surface area contributed by atoms with Crippen molar-refractivity contribution >= 4 is 16.9 Å². The summed E-state index contributed by atoms with van der Waals surface area (Å²) in [5, 5.41) is 21.5. The fraction of sp³-hybridized carbons (Fsp3) is 0.481. The van der Waals surface area contributed by atoms with Gasteiger partial charge in [0, 0.05) is 36.9 Å². The minimum atomic E-state index is -0.754. The van der Waals surface area contributed by atoms with Crippen LogP contribution < -0.4 is 4.74 Å². The maximum atomic E-state index is 11.6. The van der Waals surface area contributed by atoms with Gasteiger partial charge in [0.25, 0.3) is 0 Å². The molecule has 2 aromatic heterocycles. The van der Waals surface area contributed by atoms with Crippen LogP contribution in [-0.4, -0.2) is 62.8 Å². The third-order valence-corrected chi connectivity index (χ3v) is 7.12. The van der Waals surface area contributed by atoms with Crippen molar-refractivity contribution in [2.45, 2.75) is 44.6 Å². The molecule has 8 nitrogen and oxygen atoms in total. The topological polar surface area (TPSA) is 109 Å². The summed E-state index contributed by atoms with van der Waals surface area (Å²) in [5.41, 5.74) is 2.78. The summed E-state index contributed by atoms with van der Waals surface area (Å²) in [6.07, 6.45) is 10.7. The zero-order chi connectivity index (χ0) is 24.6. The average molecular weight is 479 g/mol. The van der Waals surface area contributed by atoms with Crippen LogP contribution in [0.3, 0.4) is 0 Å². The number of carboxylic acid groups (broad SMARTS) is 1. The Hall–Kier alpha value is -3.10. The lowest BCUT2D eigenvalue weighted by atomic mass is 9.79. The fourth-order valence-corrected chi connectivity index (χ4v) is 5.25. The molecular weight excluding hydrogens is 444 g/mol. The van der Waals surface area contributed by atoms with Crippen LogP contribution in [0.5, 0.6) is 5.75 Å². The zero-order valence-electron chi connectivity index (χ0n) is 20.2. The number of fused-ring (bicyclic) bond motifs is 1. The van der Waals surface area contributed by atoms with E-state index >= 15 is 0 Å². The monoisotopic (exact) mass is 478 g/mol. The number of rotatable bonds is 11. The Balaban J connectivity index is 1.35. The van der Waals surface area contributed by atoms with Gasteiger partial charge in [0.05, 0.1) is 18.7 Å². The SMILES string of the molecule is COc1ccc2nccc([C@@H](O)CC[C@@H]3CCN(CCCc4cncnc4)C[C@@H]3CC(=O)O)c2c1. The molecule has 1 saturated heterocycles. The fourth-order valence-electron chi connectivity index (χ4n) is 5.25. The number of carbonyl (C=O) groups is 1. The molecule has 0 aliphatic carbocycles. The molecule has 1 aliphatic heterocycles. The van der Waals surface area contributed by atoms with E-state index in [1.165, 1.54) is 6.33 Å². The first kappa shape index (κ1) is 25.0. The van der Waals surface area contributed by atoms with E-state index in [1.54, 1.807) is 13.3 Å². The second-order valence-electron chi connectivity index (χ2n) is 9.43. The molecular formula is C27H34N4O4. The number of aliphatic carboxylic acids is 1. The number of aliphatic hydroxyl groups excluding tert-OH is 1. The van der Waals surface area contributed by atoms with Crippen molar-refractivity contribution in [3.05, 3.63) is 60.3 Å². The van der Waals surface area contributed by atoms with Gasteiger partial charge >= 0.3 is 5.97 Å². The van der Waals surface area contributed by atoms with Gasteiger partial charge in [0.2, 0.25) is 0 Å². The first-order valence-corrected chi connectivity index (χ1v) is 12.3. The van der Waals surface area contributed by atoms with Gasteiger partial charge in [-0.1, -0.05) is 0 Å². The van der Waals surface area contributed by atoms with Crippen LogP contribution in [0.4, 0.5) is 0 Å². The van der Waals surface area contributed by atoms with Crippen molar-refractivity contribution in [2.24, 2.45) is 11.8 Å². The lowest BCUT2D eigenvalue weighted by Crippen LogP contribution is -2.42.